The SMILES string of the molecule is COc1ccc(C2=NN(Cc3ccc(NC(=O)OCCCN4CCSCC4)cc3)C(=O)CC2)cc1OC1CCCC1. The minimum Gasteiger partial charge on any atom is -0.493 e. The number of nitrogens with one attached hydrogen (secondary N) is 1. The summed E-state index contributed by atoms with van der Waals surface area (Å²) in [5.74, 6) is 3.77. The van der Waals surface area contributed by atoms with Gasteiger partial charge in [-0.15, -0.1) is 0 Å². The summed E-state index contributed by atoms with van der Waals surface area (Å²) in [6.07, 6.45) is 6.06. The summed E-state index contributed by atoms with van der Waals surface area (Å²) in [5, 5.41) is 9.02. The fraction of sp³-hybridized carbons (Fsp3) is 0.516. The number of hydrogen-bond donors (Lipinski definition) is 1. The lowest BCUT2D eigenvalue weighted by atomic mass is 10.0. The first-order valence-corrected chi connectivity index (χ1v) is 15.8. The predicted molar refractivity (Wildman–Crippen MR) is 162 cm³/mol. The largest absolute Gasteiger partial charge is 0.493 e. The van der Waals surface area contributed by atoms with Crippen molar-refractivity contribution >= 4 is 35.2 Å². The Morgan fingerprint density at radius 3 is 2.59 bits per heavy atom. The summed E-state index contributed by atoms with van der Waals surface area (Å²) < 4.78 is 17.1. The number of carbonyl (C=O) groups is 2. The van der Waals surface area contributed by atoms with Gasteiger partial charge in [0.15, 0.2) is 11.5 Å². The van der Waals surface area contributed by atoms with E-state index in [9.17, 15) is 9.59 Å². The van der Waals surface area contributed by atoms with Crippen LogP contribution in [0.3, 0.4) is 0 Å². The molecule has 0 atom stereocenters. The van der Waals surface area contributed by atoms with Gasteiger partial charge in [0.1, 0.15) is 0 Å². The van der Waals surface area contributed by atoms with Gasteiger partial charge in [0, 0.05) is 55.2 Å². The summed E-state index contributed by atoms with van der Waals surface area (Å²) in [6.45, 7) is 3.92. The first-order chi connectivity index (χ1) is 20.1. The van der Waals surface area contributed by atoms with Crippen LogP contribution in [0.15, 0.2) is 47.6 Å². The lowest BCUT2D eigenvalue weighted by Gasteiger charge is -2.25. The predicted octanol–water partition coefficient (Wildman–Crippen LogP) is 5.53. The maximum absolute atomic E-state index is 12.7. The summed E-state index contributed by atoms with van der Waals surface area (Å²) in [5.41, 5.74) is 3.35. The number of amides is 2. The molecule has 2 amide bonds. The highest BCUT2D eigenvalue weighted by Crippen LogP contribution is 2.33. The Morgan fingerprint density at radius 1 is 1.05 bits per heavy atom. The summed E-state index contributed by atoms with van der Waals surface area (Å²) in [4.78, 5) is 27.3. The molecule has 0 bridgehead atoms. The van der Waals surface area contributed by atoms with Crippen LogP contribution in [0, 0.1) is 0 Å². The first kappa shape index (κ1) is 29.3. The second-order valence-corrected chi connectivity index (χ2v) is 11.9. The number of nitrogens with zero attached hydrogens (tertiary/aromatic N) is 3. The lowest BCUT2D eigenvalue weighted by Crippen LogP contribution is -2.34. The van der Waals surface area contributed by atoms with Crippen molar-refractivity contribution in [1.29, 1.82) is 0 Å². The summed E-state index contributed by atoms with van der Waals surface area (Å²) in [7, 11) is 1.65. The Morgan fingerprint density at radius 2 is 1.83 bits per heavy atom. The molecule has 0 unspecified atom stereocenters. The van der Waals surface area contributed by atoms with Crippen molar-refractivity contribution in [3.8, 4) is 11.5 Å². The second kappa shape index (κ2) is 14.6. The Hall–Kier alpha value is -3.24. The summed E-state index contributed by atoms with van der Waals surface area (Å²) >= 11 is 1.99. The van der Waals surface area contributed by atoms with Crippen LogP contribution >= 0.6 is 11.8 Å². The third kappa shape index (κ3) is 8.39. The van der Waals surface area contributed by atoms with E-state index in [0.29, 0.717) is 37.4 Å². The molecule has 1 saturated heterocycles. The number of thioether (sulfide) groups is 1. The zero-order valence-electron chi connectivity index (χ0n) is 23.8. The van der Waals surface area contributed by atoms with Gasteiger partial charge in [0.25, 0.3) is 0 Å². The Bertz CT molecular complexity index is 1210. The molecule has 41 heavy (non-hydrogen) atoms. The topological polar surface area (TPSA) is 92.7 Å². The zero-order valence-corrected chi connectivity index (χ0v) is 24.6. The van der Waals surface area contributed by atoms with Gasteiger partial charge in [0.2, 0.25) is 5.91 Å². The minimum atomic E-state index is -0.455. The highest BCUT2D eigenvalue weighted by atomic mass is 32.2. The van der Waals surface area contributed by atoms with E-state index < -0.39 is 6.09 Å². The van der Waals surface area contributed by atoms with Gasteiger partial charge in [-0.3, -0.25) is 10.1 Å². The normalized spacial score (nSPS) is 18.2. The van der Waals surface area contributed by atoms with E-state index in [1.165, 1.54) is 29.4 Å². The molecule has 3 aliphatic rings. The molecule has 2 fully saturated rings. The molecule has 2 aromatic carbocycles. The molecular formula is C31H40N4O5S. The van der Waals surface area contributed by atoms with Crippen LogP contribution in [-0.2, 0) is 16.1 Å². The minimum absolute atomic E-state index is 0.0150. The highest BCUT2D eigenvalue weighted by molar-refractivity contribution is 7.99. The van der Waals surface area contributed by atoms with Crippen molar-refractivity contribution < 1.29 is 23.8 Å². The van der Waals surface area contributed by atoms with E-state index in [4.69, 9.17) is 19.3 Å². The molecule has 0 aromatic heterocycles. The maximum Gasteiger partial charge on any atom is 0.411 e. The number of benzene rings is 2. The fourth-order valence-corrected chi connectivity index (χ4v) is 6.34. The zero-order chi connectivity index (χ0) is 28.4. The Balaban J connectivity index is 1.14. The third-order valence-corrected chi connectivity index (χ3v) is 8.63. The molecule has 2 aliphatic heterocycles. The van der Waals surface area contributed by atoms with E-state index in [-0.39, 0.29) is 12.0 Å². The van der Waals surface area contributed by atoms with Gasteiger partial charge in [-0.05, 0) is 68.0 Å². The van der Waals surface area contributed by atoms with Crippen molar-refractivity contribution in [1.82, 2.24) is 9.91 Å². The number of rotatable bonds is 11. The molecular weight excluding hydrogens is 540 g/mol. The third-order valence-electron chi connectivity index (χ3n) is 7.69. The monoisotopic (exact) mass is 580 g/mol. The molecule has 5 rings (SSSR count). The van der Waals surface area contributed by atoms with Crippen molar-refractivity contribution in [3.63, 3.8) is 0 Å². The summed E-state index contributed by atoms with van der Waals surface area (Å²) in [6, 6.07) is 13.3. The molecule has 10 heteroatoms. The molecule has 0 spiro atoms. The number of methoxy groups -OCH3 is 1. The fourth-order valence-electron chi connectivity index (χ4n) is 5.36. The number of hydrazone groups is 1. The Kier molecular flexibility index (Phi) is 10.4. The standard InChI is InChI=1S/C31H40N4O5S/c1-38-28-13-9-24(21-29(28)40-26-5-2-3-6-26)27-12-14-30(36)35(33-27)22-23-7-10-25(11-8-23)32-31(37)39-18-4-15-34-16-19-41-20-17-34/h7-11,13,21,26H,2-6,12,14-20,22H2,1H3,(H,32,37). The molecule has 2 heterocycles. The molecule has 220 valence electrons. The van der Waals surface area contributed by atoms with E-state index in [1.807, 2.05) is 54.2 Å². The van der Waals surface area contributed by atoms with Gasteiger partial charge in [-0.1, -0.05) is 12.1 Å². The van der Waals surface area contributed by atoms with Gasteiger partial charge < -0.3 is 19.1 Å². The first-order valence-electron chi connectivity index (χ1n) is 14.6. The quantitative estimate of drug-likeness (QED) is 0.350. The number of anilines is 1. The van der Waals surface area contributed by atoms with Crippen LogP contribution in [0.4, 0.5) is 10.5 Å². The molecule has 2 aromatic rings. The lowest BCUT2D eigenvalue weighted by molar-refractivity contribution is -0.132. The smallest absolute Gasteiger partial charge is 0.411 e. The number of ether oxygens (including phenoxy) is 3. The molecule has 0 radical (unpaired) electrons. The van der Waals surface area contributed by atoms with E-state index in [1.54, 1.807) is 7.11 Å². The molecule has 1 saturated carbocycles. The highest BCUT2D eigenvalue weighted by Gasteiger charge is 2.24. The van der Waals surface area contributed by atoms with Crippen LogP contribution in [0.5, 0.6) is 11.5 Å². The molecule has 1 aliphatic carbocycles. The molecule has 1 N–H and O–H groups in total. The van der Waals surface area contributed by atoms with Crippen LogP contribution in [0.2, 0.25) is 0 Å². The number of hydrogen-bond acceptors (Lipinski definition) is 8. The van der Waals surface area contributed by atoms with E-state index in [2.05, 4.69) is 10.2 Å². The van der Waals surface area contributed by atoms with E-state index in [0.717, 1.165) is 61.5 Å². The van der Waals surface area contributed by atoms with Crippen molar-refractivity contribution in [2.45, 2.75) is 57.6 Å². The van der Waals surface area contributed by atoms with Crippen molar-refractivity contribution in [3.05, 3.63) is 53.6 Å². The average Bonchev–Trinajstić information content (AvgIpc) is 3.51. The Labute approximate surface area is 246 Å². The van der Waals surface area contributed by atoms with Gasteiger partial charge in [-0.25, -0.2) is 9.80 Å². The van der Waals surface area contributed by atoms with E-state index >= 15 is 0 Å². The van der Waals surface area contributed by atoms with Gasteiger partial charge in [0.05, 0.1) is 32.1 Å². The van der Waals surface area contributed by atoms with Gasteiger partial charge in [-0.2, -0.15) is 16.9 Å². The van der Waals surface area contributed by atoms with Crippen LogP contribution in [-0.4, -0.2) is 78.6 Å². The van der Waals surface area contributed by atoms with Crippen LogP contribution in [0.1, 0.15) is 56.1 Å². The van der Waals surface area contributed by atoms with Crippen molar-refractivity contribution in [2.75, 3.05) is 50.2 Å². The maximum atomic E-state index is 12.7. The van der Waals surface area contributed by atoms with Crippen LogP contribution < -0.4 is 14.8 Å². The average molecular weight is 581 g/mol. The van der Waals surface area contributed by atoms with Gasteiger partial charge >= 0.3 is 6.09 Å². The molecule has 9 nitrogen and oxygen atoms in total. The second-order valence-electron chi connectivity index (χ2n) is 10.7. The van der Waals surface area contributed by atoms with Crippen molar-refractivity contribution in [2.24, 2.45) is 5.10 Å². The number of carbonyl (C=O) groups excluding carboxylic acids is 2. The van der Waals surface area contributed by atoms with Crippen LogP contribution in [0.25, 0.3) is 0 Å².